The van der Waals surface area contributed by atoms with Crippen LogP contribution in [-0.4, -0.2) is 97.7 Å². The van der Waals surface area contributed by atoms with Crippen molar-refractivity contribution in [2.45, 2.75) is 83.8 Å². The largest absolute Gasteiger partial charge is 0.465 e. The zero-order valence-corrected chi connectivity index (χ0v) is 37.5. The summed E-state index contributed by atoms with van der Waals surface area (Å²) in [6.07, 6.45) is 5.05. The summed E-state index contributed by atoms with van der Waals surface area (Å²) in [6.45, 7) is 8.75. The normalized spacial score (nSPS) is 18.9. The molecule has 65 heavy (non-hydrogen) atoms. The lowest BCUT2D eigenvalue weighted by molar-refractivity contribution is -0.136. The number of aromatic nitrogens is 5. The molecule has 4 amide bonds. The molecule has 2 fully saturated rings. The molecule has 0 aliphatic carbocycles. The van der Waals surface area contributed by atoms with Crippen molar-refractivity contribution in [3.63, 3.8) is 0 Å². The summed E-state index contributed by atoms with van der Waals surface area (Å²) in [5.41, 5.74) is 7.43. The molecule has 6 aromatic rings. The number of nitrogens with zero attached hydrogens (tertiary/aromatic N) is 5. The fraction of sp³-hybridized carbons (Fsp3) is 0.388. The number of benzene rings is 3. The molecule has 0 radical (unpaired) electrons. The van der Waals surface area contributed by atoms with Crippen LogP contribution >= 0.6 is 0 Å². The molecule has 16 nitrogen and oxygen atoms in total. The zero-order valence-electron chi connectivity index (χ0n) is 37.5. The predicted molar refractivity (Wildman–Crippen MR) is 243 cm³/mol. The lowest BCUT2D eigenvalue weighted by Crippen LogP contribution is -2.51. The van der Waals surface area contributed by atoms with Gasteiger partial charge in [-0.2, -0.15) is 0 Å². The Hall–Kier alpha value is -7.10. The smallest absolute Gasteiger partial charge is 0.407 e. The van der Waals surface area contributed by atoms with Crippen molar-refractivity contribution in [1.82, 2.24) is 44.9 Å². The number of aromatic amines is 2. The number of H-pyrrole nitrogens is 2. The first-order valence-corrected chi connectivity index (χ1v) is 22.4. The lowest BCUT2D eigenvalue weighted by Gasteiger charge is -2.30. The molecule has 0 saturated carbocycles. The summed E-state index contributed by atoms with van der Waals surface area (Å²) >= 11 is 0. The van der Waals surface area contributed by atoms with Crippen molar-refractivity contribution in [1.29, 1.82) is 0 Å². The Morgan fingerprint density at radius 1 is 0.708 bits per heavy atom. The van der Waals surface area contributed by atoms with Gasteiger partial charge >= 0.3 is 12.2 Å². The number of nitrogens with one attached hydrogen (secondary N) is 4. The highest BCUT2D eigenvalue weighted by Gasteiger charge is 2.39. The summed E-state index contributed by atoms with van der Waals surface area (Å²) in [7, 11) is 2.58. The van der Waals surface area contributed by atoms with Gasteiger partial charge in [0.15, 0.2) is 0 Å². The molecule has 2 saturated heterocycles. The molecule has 338 valence electrons. The van der Waals surface area contributed by atoms with Gasteiger partial charge in [-0.15, -0.1) is 0 Å². The van der Waals surface area contributed by atoms with Crippen LogP contribution in [0.15, 0.2) is 85.2 Å². The van der Waals surface area contributed by atoms with Crippen molar-refractivity contribution < 1.29 is 33.4 Å². The molecule has 3 aromatic heterocycles. The maximum Gasteiger partial charge on any atom is 0.407 e. The van der Waals surface area contributed by atoms with Crippen LogP contribution in [0.3, 0.4) is 0 Å². The van der Waals surface area contributed by atoms with Crippen LogP contribution in [0.4, 0.5) is 9.59 Å². The van der Waals surface area contributed by atoms with Crippen molar-refractivity contribution in [3.05, 3.63) is 102 Å². The number of fused-ring (bicyclic) bond motifs is 5. The highest BCUT2D eigenvalue weighted by Crippen LogP contribution is 2.46. The molecule has 4 N–H and O–H groups in total. The quantitative estimate of drug-likeness (QED) is 0.0997. The number of rotatable bonds is 11. The van der Waals surface area contributed by atoms with Gasteiger partial charge in [0, 0.05) is 40.7 Å². The van der Waals surface area contributed by atoms with Crippen LogP contribution in [0, 0.1) is 11.8 Å². The van der Waals surface area contributed by atoms with Crippen molar-refractivity contribution in [3.8, 4) is 39.5 Å². The minimum atomic E-state index is -0.720. The number of alkyl carbamates (subject to hydrolysis) is 2. The third-order valence-electron chi connectivity index (χ3n) is 13.0. The molecule has 3 aromatic carbocycles. The number of carbonyl (C=O) groups is 4. The van der Waals surface area contributed by atoms with Crippen LogP contribution < -0.4 is 15.4 Å². The summed E-state index contributed by atoms with van der Waals surface area (Å²) in [5, 5.41) is 6.46. The monoisotopic (exact) mass is 881 g/mol. The Morgan fingerprint density at radius 3 is 1.78 bits per heavy atom. The van der Waals surface area contributed by atoms with Crippen molar-refractivity contribution in [2.75, 3.05) is 27.3 Å². The Labute approximate surface area is 377 Å². The number of imidazole rings is 2. The molecular formula is C49H55N9O7. The van der Waals surface area contributed by atoms with E-state index in [0.717, 1.165) is 81.7 Å². The molecule has 0 bridgehead atoms. The van der Waals surface area contributed by atoms with E-state index in [9.17, 15) is 19.2 Å². The zero-order chi connectivity index (χ0) is 45.5. The first-order chi connectivity index (χ1) is 31.4. The number of amides is 4. The second kappa shape index (κ2) is 17.8. The predicted octanol–water partition coefficient (Wildman–Crippen LogP) is 8.12. The molecule has 3 aliphatic rings. The van der Waals surface area contributed by atoms with Crippen molar-refractivity contribution >= 4 is 34.9 Å². The van der Waals surface area contributed by atoms with Gasteiger partial charge in [-0.1, -0.05) is 70.2 Å². The van der Waals surface area contributed by atoms with E-state index in [-0.39, 0.29) is 35.7 Å². The number of hydrogen-bond acceptors (Lipinski definition) is 9. The Bertz CT molecular complexity index is 2740. The number of carbonyl (C=O) groups excluding carboxylic acids is 4. The van der Waals surface area contributed by atoms with Gasteiger partial charge in [-0.25, -0.2) is 19.6 Å². The van der Waals surface area contributed by atoms with Crippen molar-refractivity contribution in [2.24, 2.45) is 11.8 Å². The molecule has 5 atom stereocenters. The van der Waals surface area contributed by atoms with Crippen LogP contribution in [0.2, 0.25) is 0 Å². The fourth-order valence-corrected chi connectivity index (χ4v) is 9.56. The Morgan fingerprint density at radius 2 is 1.25 bits per heavy atom. The molecule has 9 rings (SSSR count). The van der Waals surface area contributed by atoms with E-state index in [2.05, 4.69) is 73.7 Å². The van der Waals surface area contributed by atoms with Gasteiger partial charge in [0.05, 0.1) is 61.3 Å². The maximum atomic E-state index is 13.8. The van der Waals surface area contributed by atoms with E-state index >= 15 is 0 Å². The number of methoxy groups -OCH3 is 2. The number of ether oxygens (including phenoxy) is 3. The summed E-state index contributed by atoms with van der Waals surface area (Å²) in [5.74, 6) is 1.55. The first-order valence-electron chi connectivity index (χ1n) is 22.4. The van der Waals surface area contributed by atoms with Crippen LogP contribution in [0.25, 0.3) is 44.7 Å². The SMILES string of the molecule is COC(=O)NC(C(=O)N1CCCC1c1ncc(-c2ccc3c(c2)cc2n3C(c3ccccc3)Oc3cc(-c4cnc([C@@H]5CCCN5C(=O)C(NC(=O)OC)C(C)C)[nH]4)ccc3-2)[nH]1)C(C)C. The average Bonchev–Trinajstić information content (AvgIpc) is 4.18. The van der Waals surface area contributed by atoms with Crippen LogP contribution in [0.1, 0.15) is 88.9 Å². The van der Waals surface area contributed by atoms with E-state index in [1.54, 1.807) is 6.20 Å². The highest BCUT2D eigenvalue weighted by molar-refractivity contribution is 5.93. The van der Waals surface area contributed by atoms with Crippen LogP contribution in [0.5, 0.6) is 5.75 Å². The fourth-order valence-electron chi connectivity index (χ4n) is 9.56. The van der Waals surface area contributed by atoms with Gasteiger partial charge in [0.1, 0.15) is 29.5 Å². The van der Waals surface area contributed by atoms with E-state index in [1.165, 1.54) is 14.2 Å². The van der Waals surface area contributed by atoms with Gasteiger partial charge in [0.25, 0.3) is 0 Å². The number of hydrogen-bond donors (Lipinski definition) is 4. The molecular weight excluding hydrogens is 827 g/mol. The minimum Gasteiger partial charge on any atom is -0.465 e. The van der Waals surface area contributed by atoms with E-state index < -0.39 is 30.5 Å². The average molecular weight is 882 g/mol. The van der Waals surface area contributed by atoms with Gasteiger partial charge in [-0.05, 0) is 67.9 Å². The van der Waals surface area contributed by atoms with Gasteiger partial charge < -0.3 is 49.2 Å². The second-order valence-electron chi connectivity index (χ2n) is 17.7. The van der Waals surface area contributed by atoms with E-state index in [4.69, 9.17) is 24.2 Å². The topological polar surface area (TPSA) is 189 Å². The molecule has 6 heterocycles. The van der Waals surface area contributed by atoms with E-state index in [1.807, 2.05) is 68.0 Å². The Balaban J connectivity index is 1.00. The molecule has 16 heteroatoms. The third-order valence-corrected chi connectivity index (χ3v) is 13.0. The van der Waals surface area contributed by atoms with Crippen LogP contribution in [-0.2, 0) is 19.1 Å². The molecule has 3 aliphatic heterocycles. The molecule has 4 unspecified atom stereocenters. The van der Waals surface area contributed by atoms with E-state index in [0.29, 0.717) is 24.7 Å². The summed E-state index contributed by atoms with van der Waals surface area (Å²) < 4.78 is 18.8. The second-order valence-corrected chi connectivity index (χ2v) is 17.7. The maximum absolute atomic E-state index is 13.8. The lowest BCUT2D eigenvalue weighted by atomic mass is 10.0. The Kier molecular flexibility index (Phi) is 11.8. The van der Waals surface area contributed by atoms with Gasteiger partial charge in [-0.3, -0.25) is 9.59 Å². The highest BCUT2D eigenvalue weighted by atomic mass is 16.5. The molecule has 0 spiro atoms. The first kappa shape index (κ1) is 43.2. The number of likely N-dealkylation sites (tertiary alicyclic amines) is 2. The summed E-state index contributed by atoms with van der Waals surface area (Å²) in [6, 6.07) is 22.9. The minimum absolute atomic E-state index is 0.128. The third kappa shape index (κ3) is 8.17. The summed E-state index contributed by atoms with van der Waals surface area (Å²) in [4.78, 5) is 72.0. The van der Waals surface area contributed by atoms with Gasteiger partial charge in [0.2, 0.25) is 18.0 Å². The standard InChI is InChI=1S/C49H55N9O7/c1-27(2)41(54-48(61)63-5)45(59)56-20-10-14-37(56)43-50-25-34(52-43)30-17-19-36-32(22-30)23-39-33-18-16-31(24-40(33)65-47(58(36)39)29-12-8-7-9-13-29)35-26-51-44(53-35)38-15-11-21-57(38)46(60)42(28(3)4)55-49(62)64-6/h7-9,12-13,16-19,22-28,37-38,41-42,47H,10-11,14-15,20-21H2,1-6H3,(H,50,52)(H,51,53)(H,54,61)(H,55,62)/t37?,38-,41?,42?,47?/m0/s1.